The molecule has 0 spiro atoms. The summed E-state index contributed by atoms with van der Waals surface area (Å²) in [6.45, 7) is 4.09. The van der Waals surface area contributed by atoms with Gasteiger partial charge in [-0.3, -0.25) is 4.79 Å². The van der Waals surface area contributed by atoms with E-state index in [0.717, 1.165) is 0 Å². The van der Waals surface area contributed by atoms with Gasteiger partial charge in [-0.1, -0.05) is 0 Å². The summed E-state index contributed by atoms with van der Waals surface area (Å²) < 4.78 is 1.57. The first-order chi connectivity index (χ1) is 4.75. The number of carbonyl (C=O) groups is 1. The van der Waals surface area contributed by atoms with Crippen LogP contribution in [0.5, 0.6) is 0 Å². The molecule has 0 amide bonds. The van der Waals surface area contributed by atoms with Crippen LogP contribution in [-0.2, 0) is 6.54 Å². The van der Waals surface area contributed by atoms with Crippen LogP contribution in [0.3, 0.4) is 0 Å². The van der Waals surface area contributed by atoms with Gasteiger partial charge in [0.1, 0.15) is 6.33 Å². The average molecular weight is 139 g/mol. The molecule has 0 radical (unpaired) electrons. The Kier molecular flexibility index (Phi) is 1.80. The molecule has 0 saturated heterocycles. The molecule has 0 N–H and O–H groups in total. The molecule has 0 aliphatic heterocycles. The van der Waals surface area contributed by atoms with Gasteiger partial charge >= 0.3 is 0 Å². The molecule has 0 fully saturated rings. The Morgan fingerprint density at radius 1 is 1.80 bits per heavy atom. The number of hydrogen-bond acceptors (Lipinski definition) is 3. The Balaban J connectivity index is 3.01. The monoisotopic (exact) mass is 139 g/mol. The highest BCUT2D eigenvalue weighted by atomic mass is 16.1. The number of Topliss-reactive ketones (excluding diaryl/α,β-unsaturated/α-hetero) is 1. The fraction of sp³-hybridized carbons (Fsp3) is 0.500. The maximum atomic E-state index is 10.8. The summed E-state index contributed by atoms with van der Waals surface area (Å²) in [6, 6.07) is 0. The lowest BCUT2D eigenvalue weighted by molar-refractivity contribution is 0.0998. The van der Waals surface area contributed by atoms with Crippen LogP contribution < -0.4 is 0 Å². The molecule has 0 aromatic carbocycles. The van der Waals surface area contributed by atoms with Crippen LogP contribution in [0.15, 0.2) is 6.33 Å². The van der Waals surface area contributed by atoms with Crippen molar-refractivity contribution >= 4 is 5.78 Å². The molecule has 0 unspecified atom stereocenters. The molecule has 0 aliphatic rings. The molecular formula is C6H9N3O. The first-order valence-corrected chi connectivity index (χ1v) is 3.14. The van der Waals surface area contributed by atoms with Crippen LogP contribution in [0.2, 0.25) is 0 Å². The highest BCUT2D eigenvalue weighted by Crippen LogP contribution is 1.93. The van der Waals surface area contributed by atoms with Gasteiger partial charge in [-0.05, 0) is 6.92 Å². The number of aryl methyl sites for hydroxylation is 1. The van der Waals surface area contributed by atoms with Gasteiger partial charge in [-0.2, -0.15) is 5.10 Å². The van der Waals surface area contributed by atoms with Gasteiger partial charge in [-0.15, -0.1) is 0 Å². The van der Waals surface area contributed by atoms with Crippen LogP contribution >= 0.6 is 0 Å². The first-order valence-electron chi connectivity index (χ1n) is 3.14. The molecular weight excluding hydrogens is 130 g/mol. The number of nitrogens with zero attached hydrogens (tertiary/aromatic N) is 3. The minimum absolute atomic E-state index is 0.0423. The zero-order valence-electron chi connectivity index (χ0n) is 6.03. The van der Waals surface area contributed by atoms with Crippen LogP contribution in [-0.4, -0.2) is 20.5 Å². The van der Waals surface area contributed by atoms with Crippen LogP contribution in [0.4, 0.5) is 0 Å². The van der Waals surface area contributed by atoms with Crippen molar-refractivity contribution in [3.63, 3.8) is 0 Å². The smallest absolute Gasteiger partial charge is 0.196 e. The molecule has 10 heavy (non-hydrogen) atoms. The van der Waals surface area contributed by atoms with Crippen molar-refractivity contribution in [1.82, 2.24) is 14.8 Å². The lowest BCUT2D eigenvalue weighted by Crippen LogP contribution is -2.07. The van der Waals surface area contributed by atoms with E-state index in [0.29, 0.717) is 12.4 Å². The summed E-state index contributed by atoms with van der Waals surface area (Å²) in [5.74, 6) is 0.391. The Morgan fingerprint density at radius 3 is 2.90 bits per heavy atom. The Bertz CT molecular complexity index is 241. The first kappa shape index (κ1) is 6.92. The van der Waals surface area contributed by atoms with E-state index < -0.39 is 0 Å². The van der Waals surface area contributed by atoms with E-state index in [1.165, 1.54) is 13.3 Å². The summed E-state index contributed by atoms with van der Waals surface area (Å²) >= 11 is 0. The maximum Gasteiger partial charge on any atom is 0.196 e. The van der Waals surface area contributed by atoms with Gasteiger partial charge in [0.25, 0.3) is 0 Å². The zero-order chi connectivity index (χ0) is 7.56. The number of carbonyl (C=O) groups excluding carboxylic acids is 1. The Labute approximate surface area is 58.9 Å². The highest BCUT2D eigenvalue weighted by molar-refractivity contribution is 5.90. The highest BCUT2D eigenvalue weighted by Gasteiger charge is 2.05. The van der Waals surface area contributed by atoms with Crippen molar-refractivity contribution < 1.29 is 4.79 Å². The van der Waals surface area contributed by atoms with Gasteiger partial charge in [0.2, 0.25) is 0 Å². The van der Waals surface area contributed by atoms with E-state index in [1.807, 2.05) is 6.92 Å². The Morgan fingerprint density at radius 2 is 2.50 bits per heavy atom. The second-order valence-corrected chi connectivity index (χ2v) is 1.96. The number of ketones is 1. The SMILES string of the molecule is CCn1ncnc1C(C)=O. The van der Waals surface area contributed by atoms with Crippen molar-refractivity contribution in [2.24, 2.45) is 0 Å². The molecule has 0 saturated carbocycles. The van der Waals surface area contributed by atoms with Crippen LogP contribution in [0.1, 0.15) is 24.5 Å². The molecule has 4 nitrogen and oxygen atoms in total. The van der Waals surface area contributed by atoms with Crippen LogP contribution in [0.25, 0.3) is 0 Å². The topological polar surface area (TPSA) is 47.8 Å². The second kappa shape index (κ2) is 2.60. The van der Waals surface area contributed by atoms with Gasteiger partial charge in [0, 0.05) is 13.5 Å². The lowest BCUT2D eigenvalue weighted by Gasteiger charge is -1.95. The lowest BCUT2D eigenvalue weighted by atomic mass is 10.4. The number of rotatable bonds is 2. The van der Waals surface area contributed by atoms with Crippen molar-refractivity contribution in [3.8, 4) is 0 Å². The fourth-order valence-corrected chi connectivity index (χ4v) is 0.768. The molecule has 1 aromatic rings. The van der Waals surface area contributed by atoms with Crippen molar-refractivity contribution in [3.05, 3.63) is 12.2 Å². The summed E-state index contributed by atoms with van der Waals surface area (Å²) in [4.78, 5) is 14.6. The van der Waals surface area contributed by atoms with Crippen LogP contribution in [0, 0.1) is 0 Å². The number of aromatic nitrogens is 3. The minimum atomic E-state index is -0.0423. The quantitative estimate of drug-likeness (QED) is 0.560. The van der Waals surface area contributed by atoms with E-state index in [-0.39, 0.29) is 5.78 Å². The van der Waals surface area contributed by atoms with Crippen molar-refractivity contribution in [2.75, 3.05) is 0 Å². The zero-order valence-corrected chi connectivity index (χ0v) is 6.03. The summed E-state index contributed by atoms with van der Waals surface area (Å²) in [6.07, 6.45) is 1.39. The predicted octanol–water partition coefficient (Wildman–Crippen LogP) is 0.501. The minimum Gasteiger partial charge on any atom is -0.291 e. The van der Waals surface area contributed by atoms with Crippen molar-refractivity contribution in [2.45, 2.75) is 20.4 Å². The van der Waals surface area contributed by atoms with E-state index in [9.17, 15) is 4.79 Å². The molecule has 0 aliphatic carbocycles. The van der Waals surface area contributed by atoms with Gasteiger partial charge in [0.15, 0.2) is 11.6 Å². The van der Waals surface area contributed by atoms with E-state index in [4.69, 9.17) is 0 Å². The van der Waals surface area contributed by atoms with Gasteiger partial charge in [0.05, 0.1) is 0 Å². The van der Waals surface area contributed by atoms with E-state index in [2.05, 4.69) is 10.1 Å². The standard InChI is InChI=1S/C6H9N3O/c1-3-9-6(5(2)10)7-4-8-9/h4H,3H2,1-2H3. The van der Waals surface area contributed by atoms with Crippen molar-refractivity contribution in [1.29, 1.82) is 0 Å². The van der Waals surface area contributed by atoms with Gasteiger partial charge < -0.3 is 0 Å². The van der Waals surface area contributed by atoms with E-state index in [1.54, 1.807) is 4.68 Å². The normalized spacial score (nSPS) is 9.80. The molecule has 54 valence electrons. The largest absolute Gasteiger partial charge is 0.291 e. The average Bonchev–Trinajstić information content (AvgIpc) is 2.33. The van der Waals surface area contributed by atoms with Gasteiger partial charge in [-0.25, -0.2) is 9.67 Å². The molecule has 1 rings (SSSR count). The summed E-state index contributed by atoms with van der Waals surface area (Å²) in [5, 5.41) is 3.84. The molecule has 1 aromatic heterocycles. The summed E-state index contributed by atoms with van der Waals surface area (Å²) in [5.41, 5.74) is 0. The third kappa shape index (κ3) is 1.05. The fourth-order valence-electron chi connectivity index (χ4n) is 0.768. The molecule has 4 heteroatoms. The second-order valence-electron chi connectivity index (χ2n) is 1.96. The molecule has 0 atom stereocenters. The maximum absolute atomic E-state index is 10.8. The molecule has 1 heterocycles. The summed E-state index contributed by atoms with van der Waals surface area (Å²) in [7, 11) is 0. The number of hydrogen-bond donors (Lipinski definition) is 0. The third-order valence-corrected chi connectivity index (χ3v) is 1.23. The predicted molar refractivity (Wildman–Crippen MR) is 35.7 cm³/mol. The van der Waals surface area contributed by atoms with E-state index >= 15 is 0 Å². The Hall–Kier alpha value is -1.19. The third-order valence-electron chi connectivity index (χ3n) is 1.23. The molecule has 0 bridgehead atoms.